The first-order chi connectivity index (χ1) is 5.36. The quantitative estimate of drug-likeness (QED) is 0.425. The van der Waals surface area contributed by atoms with E-state index in [4.69, 9.17) is 0 Å². The van der Waals surface area contributed by atoms with Crippen LogP contribution in [0, 0.1) is 17.8 Å². The van der Waals surface area contributed by atoms with Gasteiger partial charge in [-0.3, -0.25) is 4.90 Å². The van der Waals surface area contributed by atoms with Crippen molar-refractivity contribution in [3.8, 4) is 11.8 Å². The molecular formula is C9H16NP. The van der Waals surface area contributed by atoms with Crippen LogP contribution < -0.4 is 0 Å². The lowest BCUT2D eigenvalue weighted by Crippen LogP contribution is -2.32. The molecule has 0 aromatic rings. The van der Waals surface area contributed by atoms with Crippen molar-refractivity contribution < 1.29 is 0 Å². The molecule has 1 aliphatic heterocycles. The van der Waals surface area contributed by atoms with Crippen LogP contribution in [-0.2, 0) is 0 Å². The zero-order chi connectivity index (χ0) is 8.10. The number of hydrogen-bond donors (Lipinski definition) is 0. The molecule has 11 heavy (non-hydrogen) atoms. The van der Waals surface area contributed by atoms with Crippen LogP contribution in [-0.4, -0.2) is 24.3 Å². The molecule has 1 unspecified atom stereocenters. The molecule has 1 atom stereocenters. The normalized spacial score (nSPS) is 20.9. The first-order valence-corrected chi connectivity index (χ1v) is 5.03. The number of piperidine rings is 1. The van der Waals surface area contributed by atoms with Crippen LogP contribution in [0.15, 0.2) is 0 Å². The van der Waals surface area contributed by atoms with Gasteiger partial charge in [0, 0.05) is 12.2 Å². The van der Waals surface area contributed by atoms with E-state index in [9.17, 15) is 0 Å². The fourth-order valence-electron chi connectivity index (χ4n) is 1.46. The van der Waals surface area contributed by atoms with E-state index in [0.29, 0.717) is 5.92 Å². The van der Waals surface area contributed by atoms with E-state index in [-0.39, 0.29) is 0 Å². The van der Waals surface area contributed by atoms with Gasteiger partial charge < -0.3 is 0 Å². The molecule has 1 nitrogen and oxygen atoms in total. The van der Waals surface area contributed by atoms with Crippen molar-refractivity contribution in [2.45, 2.75) is 19.8 Å². The third kappa shape index (κ3) is 2.81. The van der Waals surface area contributed by atoms with Crippen molar-refractivity contribution in [3.05, 3.63) is 0 Å². The van der Waals surface area contributed by atoms with Crippen molar-refractivity contribution in [2.75, 3.05) is 19.4 Å². The van der Waals surface area contributed by atoms with Crippen molar-refractivity contribution in [1.82, 2.24) is 4.90 Å². The van der Waals surface area contributed by atoms with Gasteiger partial charge in [0.25, 0.3) is 0 Å². The maximum Gasteiger partial charge on any atom is 0.0227 e. The molecule has 0 spiro atoms. The van der Waals surface area contributed by atoms with Gasteiger partial charge in [-0.05, 0) is 32.9 Å². The third-order valence-corrected chi connectivity index (χ3v) is 2.71. The molecule has 0 aromatic carbocycles. The molecule has 2 heteroatoms. The Hall–Kier alpha value is -0.0500. The fourth-order valence-corrected chi connectivity index (χ4v) is 1.83. The van der Waals surface area contributed by atoms with Crippen LogP contribution in [0.1, 0.15) is 19.8 Å². The van der Waals surface area contributed by atoms with Gasteiger partial charge >= 0.3 is 0 Å². The van der Waals surface area contributed by atoms with E-state index < -0.39 is 0 Å². The summed E-state index contributed by atoms with van der Waals surface area (Å²) in [5, 5.41) is 0. The molecule has 0 N–H and O–H groups in total. The standard InChI is InChI=1S/C9H16NP/c1-2-3-9-4-6-10(8-11)7-5-9/h9H,4-8,11H2,1H3. The maximum atomic E-state index is 3.25. The molecule has 0 bridgehead atoms. The molecule has 0 aromatic heterocycles. The molecule has 1 aliphatic rings. The molecule has 0 aliphatic carbocycles. The van der Waals surface area contributed by atoms with Gasteiger partial charge in [0.15, 0.2) is 0 Å². The van der Waals surface area contributed by atoms with Crippen LogP contribution in [0.5, 0.6) is 0 Å². The SMILES string of the molecule is CC#CC1CCN(CP)CC1. The highest BCUT2D eigenvalue weighted by Gasteiger charge is 2.15. The lowest BCUT2D eigenvalue weighted by Gasteiger charge is -2.28. The smallest absolute Gasteiger partial charge is 0.0227 e. The van der Waals surface area contributed by atoms with E-state index in [1.165, 1.54) is 25.9 Å². The highest BCUT2D eigenvalue weighted by Crippen LogP contribution is 2.16. The average Bonchev–Trinajstić information content (AvgIpc) is 2.07. The predicted octanol–water partition coefficient (Wildman–Crippen LogP) is 1.55. The summed E-state index contributed by atoms with van der Waals surface area (Å²) in [5.74, 6) is 6.92. The van der Waals surface area contributed by atoms with Crippen LogP contribution in [0.25, 0.3) is 0 Å². The summed E-state index contributed by atoms with van der Waals surface area (Å²) in [6.07, 6.45) is 3.64. The molecule has 0 radical (unpaired) electrons. The van der Waals surface area contributed by atoms with Gasteiger partial charge in [0.2, 0.25) is 0 Å². The average molecular weight is 169 g/mol. The van der Waals surface area contributed by atoms with E-state index in [1.807, 2.05) is 6.92 Å². The predicted molar refractivity (Wildman–Crippen MR) is 52.3 cm³/mol. The second-order valence-electron chi connectivity index (χ2n) is 2.97. The monoisotopic (exact) mass is 169 g/mol. The fraction of sp³-hybridized carbons (Fsp3) is 0.778. The Bertz CT molecular complexity index is 160. The van der Waals surface area contributed by atoms with Gasteiger partial charge in [-0.1, -0.05) is 0 Å². The van der Waals surface area contributed by atoms with Gasteiger partial charge in [-0.2, -0.15) is 0 Å². The number of rotatable bonds is 1. The molecule has 1 saturated heterocycles. The van der Waals surface area contributed by atoms with E-state index in [1.54, 1.807) is 0 Å². The minimum absolute atomic E-state index is 0.674. The van der Waals surface area contributed by atoms with Crippen LogP contribution in [0.3, 0.4) is 0 Å². The van der Waals surface area contributed by atoms with Crippen molar-refractivity contribution >= 4 is 9.24 Å². The summed E-state index contributed by atoms with van der Waals surface area (Å²) in [5.41, 5.74) is 0. The highest BCUT2D eigenvalue weighted by atomic mass is 31.0. The molecular weight excluding hydrogens is 153 g/mol. The largest absolute Gasteiger partial charge is 0.300 e. The summed E-state index contributed by atoms with van der Waals surface area (Å²) < 4.78 is 0. The number of likely N-dealkylation sites (tertiary alicyclic amines) is 1. The minimum atomic E-state index is 0.674. The van der Waals surface area contributed by atoms with Gasteiger partial charge in [0.1, 0.15) is 0 Å². The van der Waals surface area contributed by atoms with Gasteiger partial charge in [-0.15, -0.1) is 21.1 Å². The molecule has 1 rings (SSSR count). The summed E-state index contributed by atoms with van der Waals surface area (Å²) in [4.78, 5) is 2.46. The van der Waals surface area contributed by atoms with Crippen molar-refractivity contribution in [3.63, 3.8) is 0 Å². The van der Waals surface area contributed by atoms with Crippen LogP contribution >= 0.6 is 9.24 Å². The maximum absolute atomic E-state index is 3.25. The Labute approximate surface area is 71.7 Å². The second-order valence-corrected chi connectivity index (χ2v) is 3.33. The molecule has 1 heterocycles. The first-order valence-electron chi connectivity index (χ1n) is 4.21. The summed E-state index contributed by atoms with van der Waals surface area (Å²) in [7, 11) is 2.78. The Kier molecular flexibility index (Phi) is 3.91. The van der Waals surface area contributed by atoms with Gasteiger partial charge in [0.05, 0.1) is 0 Å². The minimum Gasteiger partial charge on any atom is -0.300 e. The lowest BCUT2D eigenvalue weighted by molar-refractivity contribution is 0.238. The Morgan fingerprint density at radius 2 is 2.09 bits per heavy atom. The highest BCUT2D eigenvalue weighted by molar-refractivity contribution is 7.16. The van der Waals surface area contributed by atoms with E-state index in [2.05, 4.69) is 26.0 Å². The summed E-state index contributed by atoms with van der Waals surface area (Å²) >= 11 is 0. The second kappa shape index (κ2) is 4.75. The molecule has 0 amide bonds. The van der Waals surface area contributed by atoms with Crippen molar-refractivity contribution in [2.24, 2.45) is 5.92 Å². The third-order valence-electron chi connectivity index (χ3n) is 2.19. The van der Waals surface area contributed by atoms with Crippen LogP contribution in [0.4, 0.5) is 0 Å². The summed E-state index contributed by atoms with van der Waals surface area (Å²) in [6.45, 7) is 4.38. The molecule has 62 valence electrons. The van der Waals surface area contributed by atoms with Crippen molar-refractivity contribution in [1.29, 1.82) is 0 Å². The van der Waals surface area contributed by atoms with E-state index >= 15 is 0 Å². The summed E-state index contributed by atoms with van der Waals surface area (Å²) in [6, 6.07) is 0. The van der Waals surface area contributed by atoms with E-state index in [0.717, 1.165) is 6.29 Å². The number of hydrogen-bond acceptors (Lipinski definition) is 1. The Balaban J connectivity index is 2.28. The Morgan fingerprint density at radius 3 is 2.55 bits per heavy atom. The zero-order valence-electron chi connectivity index (χ0n) is 7.14. The van der Waals surface area contributed by atoms with Gasteiger partial charge in [-0.25, -0.2) is 0 Å². The molecule has 0 saturated carbocycles. The first kappa shape index (κ1) is 9.04. The Morgan fingerprint density at radius 1 is 1.45 bits per heavy atom. The molecule has 1 fully saturated rings. The zero-order valence-corrected chi connectivity index (χ0v) is 8.29. The lowest BCUT2D eigenvalue weighted by atomic mass is 9.98. The topological polar surface area (TPSA) is 3.24 Å². The van der Waals surface area contributed by atoms with Crippen LogP contribution in [0.2, 0.25) is 0 Å². The number of nitrogens with zero attached hydrogens (tertiary/aromatic N) is 1.